The summed E-state index contributed by atoms with van der Waals surface area (Å²) in [6.07, 6.45) is 2.66. The van der Waals surface area contributed by atoms with Crippen LogP contribution in [0.4, 0.5) is 0 Å². The molecular formula is C13H11N5O3. The molecule has 0 atom stereocenters. The summed E-state index contributed by atoms with van der Waals surface area (Å²) < 4.78 is 5.15. The standard InChI is InChI=1S/C13H11N5O3/c1-21-7-2-3-10-8(4-7)9(6-14-10)11(19)5-12(20)13-15-17-18-16-13/h2-6,14,19H,1H3,(H,15,16,17,18). The van der Waals surface area contributed by atoms with Gasteiger partial charge in [0.05, 0.1) is 7.11 Å². The number of ketones is 1. The summed E-state index contributed by atoms with van der Waals surface area (Å²) in [5, 5.41) is 23.5. The average molecular weight is 285 g/mol. The maximum Gasteiger partial charge on any atom is 0.244 e. The van der Waals surface area contributed by atoms with Crippen LogP contribution in [0.2, 0.25) is 0 Å². The summed E-state index contributed by atoms with van der Waals surface area (Å²) in [6.45, 7) is 0. The normalized spacial score (nSPS) is 11.8. The molecule has 2 heterocycles. The van der Waals surface area contributed by atoms with Gasteiger partial charge in [0.1, 0.15) is 11.5 Å². The second-order valence-electron chi connectivity index (χ2n) is 4.24. The van der Waals surface area contributed by atoms with Crippen molar-refractivity contribution in [1.82, 2.24) is 25.6 Å². The van der Waals surface area contributed by atoms with E-state index in [1.807, 2.05) is 6.07 Å². The van der Waals surface area contributed by atoms with Crippen molar-refractivity contribution in [2.24, 2.45) is 0 Å². The number of allylic oxidation sites excluding steroid dienone is 1. The van der Waals surface area contributed by atoms with Crippen LogP contribution in [-0.2, 0) is 0 Å². The smallest absolute Gasteiger partial charge is 0.244 e. The molecule has 0 aliphatic heterocycles. The lowest BCUT2D eigenvalue weighted by Gasteiger charge is -2.01. The summed E-state index contributed by atoms with van der Waals surface area (Å²) in [6, 6.07) is 5.39. The van der Waals surface area contributed by atoms with Gasteiger partial charge in [-0.2, -0.15) is 5.21 Å². The zero-order valence-electron chi connectivity index (χ0n) is 11.0. The number of nitrogens with one attached hydrogen (secondary N) is 2. The lowest BCUT2D eigenvalue weighted by atomic mass is 10.1. The number of carbonyl (C=O) groups excluding carboxylic acids is 1. The van der Waals surface area contributed by atoms with E-state index in [1.54, 1.807) is 25.4 Å². The topological polar surface area (TPSA) is 117 Å². The van der Waals surface area contributed by atoms with Gasteiger partial charge in [0.25, 0.3) is 0 Å². The Hall–Kier alpha value is -3.16. The van der Waals surface area contributed by atoms with Crippen LogP contribution < -0.4 is 4.74 Å². The van der Waals surface area contributed by atoms with Crippen molar-refractivity contribution >= 4 is 22.4 Å². The van der Waals surface area contributed by atoms with Crippen LogP contribution in [0.3, 0.4) is 0 Å². The minimum atomic E-state index is -0.543. The number of hydrogen-bond donors (Lipinski definition) is 3. The molecule has 106 valence electrons. The number of aliphatic hydroxyl groups is 1. The highest BCUT2D eigenvalue weighted by Crippen LogP contribution is 2.27. The lowest BCUT2D eigenvalue weighted by molar-refractivity contribution is 0.103. The van der Waals surface area contributed by atoms with Gasteiger partial charge in [-0.15, -0.1) is 10.2 Å². The molecule has 0 bridgehead atoms. The van der Waals surface area contributed by atoms with E-state index in [0.717, 1.165) is 17.0 Å². The van der Waals surface area contributed by atoms with Crippen molar-refractivity contribution in [2.75, 3.05) is 7.11 Å². The molecule has 3 aromatic rings. The Bertz CT molecular complexity index is 820. The molecule has 3 N–H and O–H groups in total. The minimum absolute atomic E-state index is 0.112. The van der Waals surface area contributed by atoms with Gasteiger partial charge in [-0.1, -0.05) is 0 Å². The number of H-pyrrole nitrogens is 2. The highest BCUT2D eigenvalue weighted by molar-refractivity contribution is 6.06. The number of carbonyl (C=O) groups is 1. The number of aliphatic hydroxyl groups excluding tert-OH is 1. The van der Waals surface area contributed by atoms with Gasteiger partial charge in [0, 0.05) is 28.7 Å². The van der Waals surface area contributed by atoms with E-state index in [1.165, 1.54) is 0 Å². The van der Waals surface area contributed by atoms with Crippen LogP contribution in [0.15, 0.2) is 30.5 Å². The zero-order valence-corrected chi connectivity index (χ0v) is 11.0. The van der Waals surface area contributed by atoms with Crippen molar-refractivity contribution in [1.29, 1.82) is 0 Å². The maximum absolute atomic E-state index is 11.8. The number of hydrogen-bond acceptors (Lipinski definition) is 6. The third-order valence-corrected chi connectivity index (χ3v) is 3.00. The van der Waals surface area contributed by atoms with E-state index in [-0.39, 0.29) is 11.6 Å². The van der Waals surface area contributed by atoms with Crippen LogP contribution in [0.5, 0.6) is 5.75 Å². The lowest BCUT2D eigenvalue weighted by Crippen LogP contribution is -1.99. The molecule has 8 heteroatoms. The number of fused-ring (bicyclic) bond motifs is 1. The van der Waals surface area contributed by atoms with E-state index < -0.39 is 5.78 Å². The second kappa shape index (κ2) is 5.08. The molecule has 2 aromatic heterocycles. The largest absolute Gasteiger partial charge is 0.507 e. The summed E-state index contributed by atoms with van der Waals surface area (Å²) in [7, 11) is 1.56. The molecule has 0 saturated carbocycles. The fourth-order valence-corrected chi connectivity index (χ4v) is 1.97. The van der Waals surface area contributed by atoms with Crippen molar-refractivity contribution in [3.8, 4) is 5.75 Å². The molecule has 0 fully saturated rings. The predicted molar refractivity (Wildman–Crippen MR) is 74.0 cm³/mol. The second-order valence-corrected chi connectivity index (χ2v) is 4.24. The third kappa shape index (κ3) is 2.34. The number of aromatic nitrogens is 5. The molecule has 3 rings (SSSR count). The number of nitrogens with zero attached hydrogens (tertiary/aromatic N) is 3. The Morgan fingerprint density at radius 1 is 1.43 bits per heavy atom. The van der Waals surface area contributed by atoms with E-state index in [4.69, 9.17) is 4.74 Å². The van der Waals surface area contributed by atoms with Gasteiger partial charge in [-0.3, -0.25) is 4.79 Å². The zero-order chi connectivity index (χ0) is 14.8. The Morgan fingerprint density at radius 2 is 2.29 bits per heavy atom. The van der Waals surface area contributed by atoms with E-state index >= 15 is 0 Å². The molecule has 0 unspecified atom stereocenters. The maximum atomic E-state index is 11.8. The Morgan fingerprint density at radius 3 is 3.00 bits per heavy atom. The fraction of sp³-hybridized carbons (Fsp3) is 0.0769. The minimum Gasteiger partial charge on any atom is -0.507 e. The van der Waals surface area contributed by atoms with Gasteiger partial charge in [0.2, 0.25) is 11.6 Å². The average Bonchev–Trinajstić information content (AvgIpc) is 3.15. The Labute approximate surface area is 118 Å². The monoisotopic (exact) mass is 285 g/mol. The summed E-state index contributed by atoms with van der Waals surface area (Å²) in [4.78, 5) is 14.8. The van der Waals surface area contributed by atoms with Crippen LogP contribution in [0.25, 0.3) is 16.7 Å². The highest BCUT2D eigenvalue weighted by Gasteiger charge is 2.13. The van der Waals surface area contributed by atoms with Crippen LogP contribution in [0, 0.1) is 0 Å². The van der Waals surface area contributed by atoms with Crippen molar-refractivity contribution in [3.63, 3.8) is 0 Å². The van der Waals surface area contributed by atoms with Crippen LogP contribution >= 0.6 is 0 Å². The van der Waals surface area contributed by atoms with Gasteiger partial charge < -0.3 is 14.8 Å². The summed E-state index contributed by atoms with van der Waals surface area (Å²) in [5.41, 5.74) is 1.30. The number of rotatable bonds is 4. The molecular weight excluding hydrogens is 274 g/mol. The number of methoxy groups -OCH3 is 1. The quantitative estimate of drug-likeness (QED) is 0.379. The van der Waals surface area contributed by atoms with Gasteiger partial charge >= 0.3 is 0 Å². The molecule has 1 aromatic carbocycles. The van der Waals surface area contributed by atoms with Gasteiger partial charge in [-0.05, 0) is 23.4 Å². The highest BCUT2D eigenvalue weighted by atomic mass is 16.5. The molecule has 21 heavy (non-hydrogen) atoms. The van der Waals surface area contributed by atoms with Crippen LogP contribution in [0.1, 0.15) is 16.2 Å². The first-order chi connectivity index (χ1) is 10.2. The molecule has 0 saturated heterocycles. The number of ether oxygens (including phenoxy) is 1. The van der Waals surface area contributed by atoms with Crippen molar-refractivity contribution in [3.05, 3.63) is 41.9 Å². The van der Waals surface area contributed by atoms with E-state index in [2.05, 4.69) is 25.6 Å². The van der Waals surface area contributed by atoms with E-state index in [0.29, 0.717) is 11.3 Å². The first kappa shape index (κ1) is 12.9. The fourth-order valence-electron chi connectivity index (χ4n) is 1.97. The Kier molecular flexibility index (Phi) is 3.11. The van der Waals surface area contributed by atoms with Crippen molar-refractivity contribution in [2.45, 2.75) is 0 Å². The summed E-state index contributed by atoms with van der Waals surface area (Å²) >= 11 is 0. The first-order valence-corrected chi connectivity index (χ1v) is 6.03. The number of aromatic amines is 2. The summed E-state index contributed by atoms with van der Waals surface area (Å²) in [5.74, 6) is -0.192. The van der Waals surface area contributed by atoms with Crippen molar-refractivity contribution < 1.29 is 14.6 Å². The molecule has 0 aliphatic carbocycles. The predicted octanol–water partition coefficient (Wildman–Crippen LogP) is 1.47. The van der Waals surface area contributed by atoms with Gasteiger partial charge in [-0.25, -0.2) is 0 Å². The molecule has 0 spiro atoms. The SMILES string of the molecule is COc1ccc2[nH]cc(C(O)=CC(=O)c3nn[nH]n3)c2c1. The van der Waals surface area contributed by atoms with Gasteiger partial charge in [0.15, 0.2) is 0 Å². The van der Waals surface area contributed by atoms with E-state index in [9.17, 15) is 9.90 Å². The molecule has 0 amide bonds. The molecule has 0 aliphatic rings. The molecule has 0 radical (unpaired) electrons. The first-order valence-electron chi connectivity index (χ1n) is 6.03. The number of benzene rings is 1. The Balaban J connectivity index is 2.01. The molecule has 8 nitrogen and oxygen atoms in total. The van der Waals surface area contributed by atoms with Crippen LogP contribution in [-0.4, -0.2) is 43.6 Å². The number of tetrazole rings is 1. The third-order valence-electron chi connectivity index (χ3n) is 3.00.